The van der Waals surface area contributed by atoms with Gasteiger partial charge in [-0.3, -0.25) is 9.36 Å². The number of carboxylic acids is 1. The molecule has 1 saturated heterocycles. The molecule has 6 rings (SSSR count). The normalized spacial score (nSPS) is 14.8. The van der Waals surface area contributed by atoms with Crippen LogP contribution >= 0.6 is 11.6 Å². The van der Waals surface area contributed by atoms with Crippen molar-refractivity contribution in [2.45, 2.75) is 38.6 Å². The molecule has 1 fully saturated rings. The summed E-state index contributed by atoms with van der Waals surface area (Å²) < 4.78 is 1.67. The standard InChI is InChI=1S/C30H29ClN8O3/c1-16-12-19(17(2)35-23-4-5-24(31)36-26(23)30(41)42)25-20(13-16)29(40)38(3)27(37-25)18-7-10-39(11-8-18)28-21-14-32-15-34-22(21)6-9-33-28/h4-6,9,12-15,17-18,35H,7-8,10-11H2,1-3H3,(H,41,42)/t17-/m1/s1. The second-order valence-electron chi connectivity index (χ2n) is 10.6. The fourth-order valence-corrected chi connectivity index (χ4v) is 5.93. The molecule has 1 aliphatic rings. The highest BCUT2D eigenvalue weighted by Crippen LogP contribution is 2.33. The van der Waals surface area contributed by atoms with Gasteiger partial charge in [-0.25, -0.2) is 29.7 Å². The third-order valence-corrected chi connectivity index (χ3v) is 8.07. The molecule has 2 N–H and O–H groups in total. The van der Waals surface area contributed by atoms with Crippen molar-refractivity contribution in [1.29, 1.82) is 0 Å². The minimum Gasteiger partial charge on any atom is -0.476 e. The van der Waals surface area contributed by atoms with Crippen molar-refractivity contribution in [2.24, 2.45) is 7.05 Å². The lowest BCUT2D eigenvalue weighted by Gasteiger charge is -2.33. The van der Waals surface area contributed by atoms with Crippen LogP contribution in [0.3, 0.4) is 0 Å². The number of nitrogens with one attached hydrogen (secondary N) is 1. The predicted octanol–water partition coefficient (Wildman–Crippen LogP) is 4.88. The molecule has 4 aromatic heterocycles. The Morgan fingerprint density at radius 2 is 1.90 bits per heavy atom. The Morgan fingerprint density at radius 1 is 1.12 bits per heavy atom. The summed E-state index contributed by atoms with van der Waals surface area (Å²) in [7, 11) is 1.78. The first-order valence-corrected chi connectivity index (χ1v) is 14.1. The van der Waals surface area contributed by atoms with Crippen LogP contribution in [0.4, 0.5) is 11.5 Å². The molecule has 214 valence electrons. The number of aromatic carboxylic acids is 1. The van der Waals surface area contributed by atoms with Crippen LogP contribution < -0.4 is 15.8 Å². The predicted molar refractivity (Wildman–Crippen MR) is 161 cm³/mol. The summed E-state index contributed by atoms with van der Waals surface area (Å²) in [4.78, 5) is 49.9. The van der Waals surface area contributed by atoms with Gasteiger partial charge in [0.15, 0.2) is 5.69 Å². The van der Waals surface area contributed by atoms with Crippen molar-refractivity contribution < 1.29 is 9.90 Å². The van der Waals surface area contributed by atoms with Gasteiger partial charge in [-0.05, 0) is 56.5 Å². The molecule has 1 atom stereocenters. The van der Waals surface area contributed by atoms with Gasteiger partial charge in [0.1, 0.15) is 23.1 Å². The van der Waals surface area contributed by atoms with Gasteiger partial charge in [0, 0.05) is 44.0 Å². The lowest BCUT2D eigenvalue weighted by molar-refractivity contribution is 0.0691. The Morgan fingerprint density at radius 3 is 2.67 bits per heavy atom. The van der Waals surface area contributed by atoms with Crippen molar-refractivity contribution in [1.82, 2.24) is 29.5 Å². The summed E-state index contributed by atoms with van der Waals surface area (Å²) in [5.74, 6) is 0.485. The maximum atomic E-state index is 13.7. The third-order valence-electron chi connectivity index (χ3n) is 7.86. The number of pyridine rings is 2. The molecule has 12 heteroatoms. The Labute approximate surface area is 246 Å². The zero-order chi connectivity index (χ0) is 29.5. The first-order chi connectivity index (χ1) is 20.2. The van der Waals surface area contributed by atoms with E-state index in [1.807, 2.05) is 32.0 Å². The molecule has 11 nitrogen and oxygen atoms in total. The molecule has 5 aromatic rings. The lowest BCUT2D eigenvalue weighted by atomic mass is 9.94. The lowest BCUT2D eigenvalue weighted by Crippen LogP contribution is -2.36. The van der Waals surface area contributed by atoms with Crippen molar-refractivity contribution in [3.8, 4) is 0 Å². The van der Waals surface area contributed by atoms with Gasteiger partial charge in [-0.15, -0.1) is 0 Å². The van der Waals surface area contributed by atoms with Gasteiger partial charge in [0.2, 0.25) is 0 Å². The van der Waals surface area contributed by atoms with E-state index in [1.165, 1.54) is 12.4 Å². The van der Waals surface area contributed by atoms with E-state index in [-0.39, 0.29) is 28.4 Å². The van der Waals surface area contributed by atoms with E-state index in [1.54, 1.807) is 30.1 Å². The van der Waals surface area contributed by atoms with Gasteiger partial charge >= 0.3 is 5.97 Å². The largest absolute Gasteiger partial charge is 0.476 e. The number of anilines is 2. The molecule has 42 heavy (non-hydrogen) atoms. The van der Waals surface area contributed by atoms with E-state index < -0.39 is 5.97 Å². The number of halogens is 1. The van der Waals surface area contributed by atoms with E-state index in [0.29, 0.717) is 16.6 Å². The minimum absolute atomic E-state index is 0.0751. The summed E-state index contributed by atoms with van der Waals surface area (Å²) in [5, 5.41) is 14.4. The molecule has 0 aliphatic carbocycles. The van der Waals surface area contributed by atoms with Crippen LogP contribution in [0.5, 0.6) is 0 Å². The van der Waals surface area contributed by atoms with Crippen LogP contribution in [-0.2, 0) is 7.05 Å². The number of carboxylic acid groups (broad SMARTS) is 1. The van der Waals surface area contributed by atoms with Crippen LogP contribution in [-0.4, -0.2) is 53.7 Å². The van der Waals surface area contributed by atoms with E-state index in [0.717, 1.165) is 59.6 Å². The topological polar surface area (TPSA) is 139 Å². The van der Waals surface area contributed by atoms with Gasteiger partial charge in [0.25, 0.3) is 5.56 Å². The number of aromatic nitrogens is 6. The molecule has 0 saturated carbocycles. The molecular weight excluding hydrogens is 556 g/mol. The van der Waals surface area contributed by atoms with Gasteiger partial charge in [0.05, 0.1) is 33.5 Å². The molecule has 1 aromatic carbocycles. The number of rotatable bonds is 6. The minimum atomic E-state index is -1.19. The Hall–Kier alpha value is -4.64. The Kier molecular flexibility index (Phi) is 7.19. The van der Waals surface area contributed by atoms with Gasteiger partial charge in [-0.2, -0.15) is 0 Å². The zero-order valence-electron chi connectivity index (χ0n) is 23.4. The van der Waals surface area contributed by atoms with Crippen LogP contribution in [0.1, 0.15) is 59.2 Å². The third kappa shape index (κ3) is 5.00. The monoisotopic (exact) mass is 584 g/mol. The summed E-state index contributed by atoms with van der Waals surface area (Å²) in [6.07, 6.45) is 6.69. The Bertz CT molecular complexity index is 1900. The van der Waals surface area contributed by atoms with Crippen LogP contribution in [0.2, 0.25) is 5.15 Å². The molecule has 0 unspecified atom stereocenters. The number of carbonyl (C=O) groups is 1. The fourth-order valence-electron chi connectivity index (χ4n) is 5.78. The average molecular weight is 585 g/mol. The first kappa shape index (κ1) is 27.5. The SMILES string of the molecule is Cc1cc([C@@H](C)Nc2ccc(Cl)nc2C(=O)O)c2nc(C3CCN(c4nccc5ncncc45)CC3)n(C)c(=O)c2c1. The maximum absolute atomic E-state index is 13.7. The van der Waals surface area contributed by atoms with E-state index in [4.69, 9.17) is 16.6 Å². The van der Waals surface area contributed by atoms with E-state index >= 15 is 0 Å². The van der Waals surface area contributed by atoms with Gasteiger partial charge in [-0.1, -0.05) is 17.7 Å². The highest BCUT2D eigenvalue weighted by molar-refractivity contribution is 6.29. The zero-order valence-corrected chi connectivity index (χ0v) is 24.1. The Balaban J connectivity index is 1.33. The summed E-state index contributed by atoms with van der Waals surface area (Å²) >= 11 is 5.94. The van der Waals surface area contributed by atoms with Crippen molar-refractivity contribution in [3.05, 3.63) is 87.2 Å². The van der Waals surface area contributed by atoms with E-state index in [9.17, 15) is 14.7 Å². The number of nitrogens with zero attached hydrogens (tertiary/aromatic N) is 7. The quantitative estimate of drug-likeness (QED) is 0.265. The van der Waals surface area contributed by atoms with Crippen LogP contribution in [0.25, 0.3) is 21.8 Å². The van der Waals surface area contributed by atoms with Crippen molar-refractivity contribution >= 4 is 50.9 Å². The van der Waals surface area contributed by atoms with Crippen molar-refractivity contribution in [3.63, 3.8) is 0 Å². The van der Waals surface area contributed by atoms with Crippen LogP contribution in [0.15, 0.2) is 53.8 Å². The molecule has 5 heterocycles. The first-order valence-electron chi connectivity index (χ1n) is 13.7. The number of piperidine rings is 1. The molecule has 0 amide bonds. The number of hydrogen-bond acceptors (Lipinski definition) is 9. The van der Waals surface area contributed by atoms with Crippen molar-refractivity contribution in [2.75, 3.05) is 23.3 Å². The molecule has 0 spiro atoms. The molecule has 0 radical (unpaired) electrons. The second-order valence-corrected chi connectivity index (χ2v) is 11.0. The van der Waals surface area contributed by atoms with E-state index in [2.05, 4.69) is 30.2 Å². The highest BCUT2D eigenvalue weighted by atomic mass is 35.5. The molecule has 1 aliphatic heterocycles. The average Bonchev–Trinajstić information content (AvgIpc) is 2.99. The number of fused-ring (bicyclic) bond motifs is 2. The second kappa shape index (κ2) is 11.0. The molecule has 0 bridgehead atoms. The number of hydrogen-bond donors (Lipinski definition) is 2. The smallest absolute Gasteiger partial charge is 0.356 e. The van der Waals surface area contributed by atoms with Gasteiger partial charge < -0.3 is 15.3 Å². The summed E-state index contributed by atoms with van der Waals surface area (Å²) in [5.41, 5.74) is 3.21. The summed E-state index contributed by atoms with van der Waals surface area (Å²) in [6, 6.07) is 8.48. The fraction of sp³-hybridized carbons (Fsp3) is 0.300. The highest BCUT2D eigenvalue weighted by Gasteiger charge is 2.27. The maximum Gasteiger partial charge on any atom is 0.356 e. The number of aryl methyl sites for hydroxylation is 1. The number of benzene rings is 1. The molecular formula is C30H29ClN8O3. The van der Waals surface area contributed by atoms with Crippen LogP contribution in [0, 0.1) is 6.92 Å². The summed E-state index contributed by atoms with van der Waals surface area (Å²) in [6.45, 7) is 5.34.